The van der Waals surface area contributed by atoms with Crippen LogP contribution in [0, 0.1) is 11.8 Å². The molecule has 0 radical (unpaired) electrons. The van der Waals surface area contributed by atoms with Crippen LogP contribution in [0.15, 0.2) is 36.7 Å². The number of carbonyl (C=O) groups is 2. The molecule has 104 valence electrons. The van der Waals surface area contributed by atoms with Gasteiger partial charge in [0, 0.05) is 18.1 Å². The first-order valence-electron chi connectivity index (χ1n) is 6.32. The Morgan fingerprint density at radius 3 is 2.75 bits per heavy atom. The molecule has 0 aliphatic carbocycles. The first-order chi connectivity index (χ1) is 9.51. The number of rotatable bonds is 3. The fraction of sp³-hybridized carbons (Fsp3) is 0.357. The zero-order valence-electron chi connectivity index (χ0n) is 10.8. The second kappa shape index (κ2) is 4.42. The highest BCUT2D eigenvalue weighted by atomic mass is 16.5. The Hall–Kier alpha value is -2.21. The average molecular weight is 274 g/mol. The van der Waals surface area contributed by atoms with Gasteiger partial charge in [-0.2, -0.15) is 0 Å². The van der Waals surface area contributed by atoms with Gasteiger partial charge in [-0.3, -0.25) is 14.6 Å². The number of carbonyl (C=O) groups excluding carboxylic acids is 1. The van der Waals surface area contributed by atoms with E-state index in [0.717, 1.165) is 0 Å². The molecule has 3 rings (SSSR count). The first kappa shape index (κ1) is 12.8. The maximum absolute atomic E-state index is 12.4. The Kier molecular flexibility index (Phi) is 2.83. The number of ether oxygens (including phenoxy) is 1. The minimum Gasteiger partial charge on any atom is -0.481 e. The third-order valence-corrected chi connectivity index (χ3v) is 3.85. The number of fused-ring (bicyclic) bond motifs is 2. The van der Waals surface area contributed by atoms with Crippen molar-refractivity contribution in [2.24, 2.45) is 11.8 Å². The monoisotopic (exact) mass is 274 g/mol. The van der Waals surface area contributed by atoms with Crippen molar-refractivity contribution in [3.05, 3.63) is 36.7 Å². The smallest absolute Gasteiger partial charge is 0.310 e. The largest absolute Gasteiger partial charge is 0.481 e. The normalized spacial score (nSPS) is 34.1. The molecule has 1 saturated heterocycles. The number of nitrogens with one attached hydrogen (secondary N) is 1. The number of anilines is 1. The van der Waals surface area contributed by atoms with Crippen molar-refractivity contribution in [2.75, 3.05) is 5.32 Å². The third kappa shape index (κ3) is 1.89. The summed E-state index contributed by atoms with van der Waals surface area (Å²) < 4.78 is 5.64. The van der Waals surface area contributed by atoms with Crippen LogP contribution in [-0.4, -0.2) is 33.7 Å². The lowest BCUT2D eigenvalue weighted by Gasteiger charge is -2.27. The Bertz CT molecular complexity index is 586. The van der Waals surface area contributed by atoms with Gasteiger partial charge in [0.15, 0.2) is 0 Å². The highest BCUT2D eigenvalue weighted by Crippen LogP contribution is 2.47. The number of pyridine rings is 1. The molecule has 6 heteroatoms. The van der Waals surface area contributed by atoms with Gasteiger partial charge in [0.2, 0.25) is 5.91 Å². The van der Waals surface area contributed by atoms with Crippen LogP contribution in [-0.2, 0) is 14.3 Å². The number of nitrogens with zero attached hydrogens (tertiary/aromatic N) is 1. The van der Waals surface area contributed by atoms with Crippen molar-refractivity contribution in [3.8, 4) is 0 Å². The summed E-state index contributed by atoms with van der Waals surface area (Å²) in [6.45, 7) is 1.74. The number of carboxylic acids is 1. The average Bonchev–Trinajstić information content (AvgIpc) is 2.92. The lowest BCUT2D eigenvalue weighted by molar-refractivity contribution is -0.146. The van der Waals surface area contributed by atoms with E-state index in [0.29, 0.717) is 5.69 Å². The summed E-state index contributed by atoms with van der Waals surface area (Å²) in [6, 6.07) is 3.31. The summed E-state index contributed by atoms with van der Waals surface area (Å²) in [4.78, 5) is 27.7. The van der Waals surface area contributed by atoms with Crippen molar-refractivity contribution in [2.45, 2.75) is 18.6 Å². The van der Waals surface area contributed by atoms with Crippen LogP contribution in [0.25, 0.3) is 0 Å². The molecular weight excluding hydrogens is 260 g/mol. The van der Waals surface area contributed by atoms with E-state index < -0.39 is 29.5 Å². The molecule has 20 heavy (non-hydrogen) atoms. The molecule has 0 saturated carbocycles. The van der Waals surface area contributed by atoms with E-state index in [1.807, 2.05) is 0 Å². The Morgan fingerprint density at radius 1 is 1.40 bits per heavy atom. The van der Waals surface area contributed by atoms with Gasteiger partial charge in [-0.1, -0.05) is 12.2 Å². The number of carboxylic acid groups (broad SMARTS) is 1. The highest BCUT2D eigenvalue weighted by molar-refractivity contribution is 5.97. The van der Waals surface area contributed by atoms with Crippen LogP contribution >= 0.6 is 0 Å². The van der Waals surface area contributed by atoms with Crippen LogP contribution in [0.2, 0.25) is 0 Å². The van der Waals surface area contributed by atoms with Gasteiger partial charge >= 0.3 is 5.97 Å². The van der Waals surface area contributed by atoms with E-state index in [1.165, 1.54) is 0 Å². The quantitative estimate of drug-likeness (QED) is 0.805. The Labute approximate surface area is 115 Å². The van der Waals surface area contributed by atoms with Crippen LogP contribution in [0.5, 0.6) is 0 Å². The molecule has 2 aliphatic rings. The number of hydrogen-bond acceptors (Lipinski definition) is 4. The van der Waals surface area contributed by atoms with Gasteiger partial charge in [0.1, 0.15) is 5.92 Å². The maximum atomic E-state index is 12.4. The SMILES string of the molecule is C[C@@]12C=C[C@@H](O1)[C@@H](C(=O)O)[C@@H]2C(=O)Nc1ccncc1. The van der Waals surface area contributed by atoms with Gasteiger partial charge < -0.3 is 15.2 Å². The summed E-state index contributed by atoms with van der Waals surface area (Å²) in [5, 5.41) is 12.1. The molecule has 4 atom stereocenters. The molecule has 0 unspecified atom stereocenters. The van der Waals surface area contributed by atoms with E-state index in [1.54, 1.807) is 43.6 Å². The predicted molar refractivity (Wildman–Crippen MR) is 69.9 cm³/mol. The van der Waals surface area contributed by atoms with Crippen molar-refractivity contribution in [1.29, 1.82) is 0 Å². The minimum absolute atomic E-state index is 0.349. The molecule has 6 nitrogen and oxygen atoms in total. The van der Waals surface area contributed by atoms with E-state index >= 15 is 0 Å². The summed E-state index contributed by atoms with van der Waals surface area (Å²) in [6.07, 6.45) is 6.07. The molecule has 1 fully saturated rings. The molecular formula is C14H14N2O4. The zero-order chi connectivity index (χ0) is 14.3. The van der Waals surface area contributed by atoms with Crippen LogP contribution in [0.1, 0.15) is 6.92 Å². The van der Waals surface area contributed by atoms with E-state index in [9.17, 15) is 14.7 Å². The topological polar surface area (TPSA) is 88.5 Å². The van der Waals surface area contributed by atoms with Gasteiger partial charge in [0.05, 0.1) is 17.6 Å². The van der Waals surface area contributed by atoms with E-state index in [-0.39, 0.29) is 5.91 Å². The number of aromatic nitrogens is 1. The molecule has 0 spiro atoms. The number of amides is 1. The molecule has 1 aromatic rings. The second-order valence-corrected chi connectivity index (χ2v) is 5.19. The summed E-state index contributed by atoms with van der Waals surface area (Å²) in [5.41, 5.74) is -0.269. The summed E-state index contributed by atoms with van der Waals surface area (Å²) in [5.74, 6) is -2.97. The molecule has 2 N–H and O–H groups in total. The van der Waals surface area contributed by atoms with Gasteiger partial charge in [-0.15, -0.1) is 0 Å². The van der Waals surface area contributed by atoms with Crippen LogP contribution in [0.4, 0.5) is 5.69 Å². The van der Waals surface area contributed by atoms with E-state index in [4.69, 9.17) is 4.74 Å². The van der Waals surface area contributed by atoms with Crippen molar-refractivity contribution < 1.29 is 19.4 Å². The second-order valence-electron chi connectivity index (χ2n) is 5.19. The third-order valence-electron chi connectivity index (χ3n) is 3.85. The summed E-state index contributed by atoms with van der Waals surface area (Å²) in [7, 11) is 0. The standard InChI is InChI=1S/C14H14N2O4/c1-14-5-2-9(20-14)10(13(18)19)11(14)12(17)16-8-3-6-15-7-4-8/h2-7,9-11H,1H3,(H,18,19)(H,15,16,17)/t9-,10-,11-,14+/m1/s1. The lowest BCUT2D eigenvalue weighted by atomic mass is 9.75. The van der Waals surface area contributed by atoms with Crippen molar-refractivity contribution in [1.82, 2.24) is 4.98 Å². The maximum Gasteiger partial charge on any atom is 0.310 e. The van der Waals surface area contributed by atoms with Gasteiger partial charge in [-0.05, 0) is 19.1 Å². The number of hydrogen-bond donors (Lipinski definition) is 2. The Morgan fingerprint density at radius 2 is 2.10 bits per heavy atom. The fourth-order valence-electron chi connectivity index (χ4n) is 2.94. The fourth-order valence-corrected chi connectivity index (χ4v) is 2.94. The molecule has 2 bridgehead atoms. The molecule has 3 heterocycles. The molecule has 0 aromatic carbocycles. The predicted octanol–water partition coefficient (Wildman–Crippen LogP) is 1.06. The van der Waals surface area contributed by atoms with Gasteiger partial charge in [0.25, 0.3) is 0 Å². The highest BCUT2D eigenvalue weighted by Gasteiger charge is 2.59. The minimum atomic E-state index is -1.02. The molecule has 1 amide bonds. The number of aliphatic carboxylic acids is 1. The Balaban J connectivity index is 1.86. The van der Waals surface area contributed by atoms with Crippen LogP contribution < -0.4 is 5.32 Å². The van der Waals surface area contributed by atoms with Crippen molar-refractivity contribution in [3.63, 3.8) is 0 Å². The van der Waals surface area contributed by atoms with Crippen molar-refractivity contribution >= 4 is 17.6 Å². The van der Waals surface area contributed by atoms with Gasteiger partial charge in [-0.25, -0.2) is 0 Å². The molecule has 2 aliphatic heterocycles. The summed E-state index contributed by atoms with van der Waals surface area (Å²) >= 11 is 0. The first-order valence-corrected chi connectivity index (χ1v) is 6.32. The van der Waals surface area contributed by atoms with Crippen LogP contribution in [0.3, 0.4) is 0 Å². The van der Waals surface area contributed by atoms with E-state index in [2.05, 4.69) is 10.3 Å². The molecule has 1 aromatic heterocycles. The lowest BCUT2D eigenvalue weighted by Crippen LogP contribution is -2.44. The zero-order valence-corrected chi connectivity index (χ0v) is 10.8.